The maximum atomic E-state index is 11.6. The number of rotatable bonds is 5. The summed E-state index contributed by atoms with van der Waals surface area (Å²) in [6, 6.07) is 0. The van der Waals surface area contributed by atoms with Crippen molar-refractivity contribution in [2.24, 2.45) is 16.1 Å². The molecule has 0 saturated carbocycles. The third kappa shape index (κ3) is 2.92. The van der Waals surface area contributed by atoms with Gasteiger partial charge in [0.15, 0.2) is 11.9 Å². The Morgan fingerprint density at radius 2 is 2.18 bits per heavy atom. The van der Waals surface area contributed by atoms with E-state index in [0.29, 0.717) is 0 Å². The van der Waals surface area contributed by atoms with Crippen LogP contribution in [0.3, 0.4) is 0 Å². The molecule has 4 atom stereocenters. The number of amides is 1. The molecule has 1 aromatic heterocycles. The Balaban J connectivity index is 2.38. The van der Waals surface area contributed by atoms with Crippen molar-refractivity contribution in [1.82, 2.24) is 14.6 Å². The van der Waals surface area contributed by atoms with Gasteiger partial charge in [0.1, 0.15) is 24.6 Å². The van der Waals surface area contributed by atoms with Gasteiger partial charge in [-0.15, -0.1) is 5.11 Å². The van der Waals surface area contributed by atoms with Gasteiger partial charge in [0, 0.05) is 14.1 Å². The maximum absolute atomic E-state index is 11.6. The van der Waals surface area contributed by atoms with E-state index < -0.39 is 37.1 Å². The Kier molecular flexibility index (Phi) is 4.71. The summed E-state index contributed by atoms with van der Waals surface area (Å²) in [4.78, 5) is 15.5. The second kappa shape index (κ2) is 6.36. The molecule has 2 heterocycles. The first-order valence-electron chi connectivity index (χ1n) is 6.44. The number of aromatic nitrogens is 2. The first-order chi connectivity index (χ1) is 10.4. The molecule has 11 heteroatoms. The molecule has 1 fully saturated rings. The topological polar surface area (TPSA) is 159 Å². The van der Waals surface area contributed by atoms with Gasteiger partial charge in [0.05, 0.1) is 6.61 Å². The number of imidazole rings is 1. The average Bonchev–Trinajstić information content (AvgIpc) is 2.99. The minimum absolute atomic E-state index is 0.0426. The fraction of sp³-hybridized carbons (Fsp3) is 0.636. The number of carbonyl (C=O) groups excluding carboxylic acids is 1. The van der Waals surface area contributed by atoms with E-state index in [-0.39, 0.29) is 11.5 Å². The lowest BCUT2D eigenvalue weighted by Gasteiger charge is -2.17. The van der Waals surface area contributed by atoms with Crippen LogP contribution in [-0.4, -0.2) is 74.8 Å². The quantitative estimate of drug-likeness (QED) is 0.367. The first-order valence-corrected chi connectivity index (χ1v) is 6.44. The molecule has 0 unspecified atom stereocenters. The zero-order valence-electron chi connectivity index (χ0n) is 12.1. The minimum Gasteiger partial charge on any atom is -0.394 e. The number of primary amides is 1. The standard InChI is InChI=1S/C11H18N6O5/c1-16(2)15-14-10-6(9(12)21)17(4-13-10)11-8(20)7(19)5(3-18)22-11/h4-5,7-8,11,18-20H,3H2,1-2H3,(H2,12,21)/t5-,7-,8-,11-/m1/s1. The van der Waals surface area contributed by atoms with Gasteiger partial charge in [-0.3, -0.25) is 14.4 Å². The molecular formula is C11H18N6O5. The highest BCUT2D eigenvalue weighted by Crippen LogP contribution is 2.32. The molecule has 122 valence electrons. The van der Waals surface area contributed by atoms with Crippen LogP contribution in [0.25, 0.3) is 0 Å². The van der Waals surface area contributed by atoms with Crippen LogP contribution in [0.4, 0.5) is 5.82 Å². The Hall–Kier alpha value is -2.08. The van der Waals surface area contributed by atoms with Crippen molar-refractivity contribution in [3.05, 3.63) is 12.0 Å². The molecule has 2 rings (SSSR count). The predicted molar refractivity (Wildman–Crippen MR) is 72.0 cm³/mol. The van der Waals surface area contributed by atoms with Crippen LogP contribution in [0.1, 0.15) is 16.7 Å². The molecule has 0 bridgehead atoms. The van der Waals surface area contributed by atoms with E-state index in [1.807, 2.05) is 0 Å². The van der Waals surface area contributed by atoms with Gasteiger partial charge in [-0.1, -0.05) is 5.22 Å². The van der Waals surface area contributed by atoms with E-state index >= 15 is 0 Å². The number of aliphatic hydroxyl groups excluding tert-OH is 3. The zero-order valence-corrected chi connectivity index (χ0v) is 12.1. The van der Waals surface area contributed by atoms with Gasteiger partial charge >= 0.3 is 0 Å². The Morgan fingerprint density at radius 3 is 2.68 bits per heavy atom. The van der Waals surface area contributed by atoms with Crippen LogP contribution < -0.4 is 5.73 Å². The molecule has 1 saturated heterocycles. The van der Waals surface area contributed by atoms with E-state index in [9.17, 15) is 15.0 Å². The molecule has 1 aliphatic rings. The lowest BCUT2D eigenvalue weighted by molar-refractivity contribution is -0.0534. The predicted octanol–water partition coefficient (Wildman–Crippen LogP) is -1.85. The Bertz CT molecular complexity index is 573. The Morgan fingerprint density at radius 1 is 1.50 bits per heavy atom. The van der Waals surface area contributed by atoms with E-state index in [2.05, 4.69) is 15.3 Å². The number of aliphatic hydroxyl groups is 3. The lowest BCUT2D eigenvalue weighted by Crippen LogP contribution is -2.33. The van der Waals surface area contributed by atoms with Crippen molar-refractivity contribution >= 4 is 11.7 Å². The van der Waals surface area contributed by atoms with Gasteiger partial charge in [-0.2, -0.15) is 0 Å². The molecule has 1 amide bonds. The van der Waals surface area contributed by atoms with Crippen molar-refractivity contribution in [2.45, 2.75) is 24.5 Å². The Labute approximate surface area is 125 Å². The van der Waals surface area contributed by atoms with Crippen molar-refractivity contribution in [3.63, 3.8) is 0 Å². The molecule has 0 aliphatic carbocycles. The van der Waals surface area contributed by atoms with Crippen molar-refractivity contribution in [1.29, 1.82) is 0 Å². The summed E-state index contributed by atoms with van der Waals surface area (Å²) in [5, 5.41) is 37.8. The van der Waals surface area contributed by atoms with Crippen molar-refractivity contribution in [2.75, 3.05) is 20.7 Å². The molecule has 1 aliphatic heterocycles. The summed E-state index contributed by atoms with van der Waals surface area (Å²) < 4.78 is 6.50. The largest absolute Gasteiger partial charge is 0.394 e. The molecule has 1 aromatic rings. The van der Waals surface area contributed by atoms with Gasteiger partial charge in [-0.05, 0) is 0 Å². The van der Waals surface area contributed by atoms with Crippen LogP contribution in [0.15, 0.2) is 16.7 Å². The normalized spacial score (nSPS) is 28.4. The van der Waals surface area contributed by atoms with Gasteiger partial charge < -0.3 is 25.8 Å². The van der Waals surface area contributed by atoms with Crippen LogP contribution >= 0.6 is 0 Å². The summed E-state index contributed by atoms with van der Waals surface area (Å²) in [6.45, 7) is -0.484. The number of nitrogens with zero attached hydrogens (tertiary/aromatic N) is 5. The molecule has 22 heavy (non-hydrogen) atoms. The maximum Gasteiger partial charge on any atom is 0.269 e. The molecule has 11 nitrogen and oxygen atoms in total. The molecular weight excluding hydrogens is 296 g/mol. The lowest BCUT2D eigenvalue weighted by atomic mass is 10.1. The van der Waals surface area contributed by atoms with E-state index in [1.54, 1.807) is 14.1 Å². The van der Waals surface area contributed by atoms with Crippen molar-refractivity contribution < 1.29 is 24.9 Å². The number of hydrogen-bond acceptors (Lipinski definition) is 8. The van der Waals surface area contributed by atoms with Gasteiger partial charge in [0.25, 0.3) is 5.91 Å². The number of carbonyl (C=O) groups is 1. The summed E-state index contributed by atoms with van der Waals surface area (Å²) >= 11 is 0. The second-order valence-electron chi connectivity index (χ2n) is 4.95. The fourth-order valence-corrected chi connectivity index (χ4v) is 2.10. The SMILES string of the molecule is CN(C)N=Nc1ncn([C@@H]2O[C@H](CO)[C@@H](O)[C@H]2O)c1C(N)=O. The first kappa shape index (κ1) is 16.3. The third-order valence-electron chi connectivity index (χ3n) is 3.12. The number of hydrogen-bond donors (Lipinski definition) is 4. The molecule has 0 spiro atoms. The minimum atomic E-state index is -1.36. The van der Waals surface area contributed by atoms with Crippen molar-refractivity contribution in [3.8, 4) is 0 Å². The highest BCUT2D eigenvalue weighted by Gasteiger charge is 2.44. The molecule has 0 aromatic carbocycles. The van der Waals surface area contributed by atoms with Crippen LogP contribution in [0.2, 0.25) is 0 Å². The highest BCUT2D eigenvalue weighted by atomic mass is 16.6. The zero-order chi connectivity index (χ0) is 16.4. The van der Waals surface area contributed by atoms with Crippen LogP contribution in [0, 0.1) is 0 Å². The summed E-state index contributed by atoms with van der Waals surface area (Å²) in [6.07, 6.45) is -3.56. The van der Waals surface area contributed by atoms with Gasteiger partial charge in [0.2, 0.25) is 5.82 Å². The second-order valence-corrected chi connectivity index (χ2v) is 4.95. The summed E-state index contributed by atoms with van der Waals surface area (Å²) in [5.41, 5.74) is 5.19. The molecule has 5 N–H and O–H groups in total. The fourth-order valence-electron chi connectivity index (χ4n) is 2.10. The molecule has 0 radical (unpaired) electrons. The smallest absolute Gasteiger partial charge is 0.269 e. The average molecular weight is 314 g/mol. The third-order valence-corrected chi connectivity index (χ3v) is 3.12. The number of ether oxygens (including phenoxy) is 1. The number of nitrogens with two attached hydrogens (primary N) is 1. The van der Waals surface area contributed by atoms with Gasteiger partial charge in [-0.25, -0.2) is 4.98 Å². The van der Waals surface area contributed by atoms with Crippen LogP contribution in [0.5, 0.6) is 0 Å². The monoisotopic (exact) mass is 314 g/mol. The summed E-state index contributed by atoms with van der Waals surface area (Å²) in [7, 11) is 3.27. The van der Waals surface area contributed by atoms with E-state index in [0.717, 1.165) is 4.57 Å². The highest BCUT2D eigenvalue weighted by molar-refractivity contribution is 5.95. The van der Waals surface area contributed by atoms with E-state index in [1.165, 1.54) is 11.3 Å². The summed E-state index contributed by atoms with van der Waals surface area (Å²) in [5.74, 6) is -0.887. The van der Waals surface area contributed by atoms with E-state index in [4.69, 9.17) is 15.6 Å². The van der Waals surface area contributed by atoms with Crippen LogP contribution in [-0.2, 0) is 4.74 Å².